The number of pyridine rings is 2. The molecule has 1 N–H and O–H groups in total. The highest BCUT2D eigenvalue weighted by atomic mass is 35.5. The number of carboxylic acid groups (broad SMARTS) is 1. The summed E-state index contributed by atoms with van der Waals surface area (Å²) in [4.78, 5) is 34.8. The number of rotatable bonds is 2. The third kappa shape index (κ3) is 3.41. The Morgan fingerprint density at radius 3 is 2.78 bits per heavy atom. The van der Waals surface area contributed by atoms with E-state index in [-0.39, 0.29) is 25.4 Å². The molecule has 10 heteroatoms. The monoisotopic (exact) mass is 386 g/mol. The predicted octanol–water partition coefficient (Wildman–Crippen LogP) is 1.84. The van der Waals surface area contributed by atoms with Crippen LogP contribution >= 0.6 is 11.6 Å². The fourth-order valence-electron chi connectivity index (χ4n) is 3.02. The molecule has 0 atom stereocenters. The second kappa shape index (κ2) is 6.84. The van der Waals surface area contributed by atoms with Gasteiger partial charge in [0.05, 0.1) is 24.8 Å². The van der Waals surface area contributed by atoms with E-state index in [0.717, 1.165) is 15.8 Å². The lowest BCUT2D eigenvalue weighted by atomic mass is 10.3. The Hall–Kier alpha value is -3.20. The first-order valence-corrected chi connectivity index (χ1v) is 8.60. The maximum atomic E-state index is 12.1. The molecule has 4 rings (SSSR count). The van der Waals surface area contributed by atoms with Gasteiger partial charge in [0.15, 0.2) is 11.6 Å². The van der Waals surface area contributed by atoms with Gasteiger partial charge >= 0.3 is 6.09 Å². The van der Waals surface area contributed by atoms with Gasteiger partial charge in [-0.3, -0.25) is 9.69 Å². The SMILES string of the molecule is O=C1CN(C(=O)O)CCN(c2cccc(-n3ncc4cnc(Cl)cc43)n2)C1. The lowest BCUT2D eigenvalue weighted by Crippen LogP contribution is -2.35. The minimum absolute atomic E-state index is 0.107. The van der Waals surface area contributed by atoms with E-state index in [9.17, 15) is 9.59 Å². The largest absolute Gasteiger partial charge is 0.465 e. The van der Waals surface area contributed by atoms with Gasteiger partial charge in [-0.05, 0) is 12.1 Å². The van der Waals surface area contributed by atoms with E-state index in [2.05, 4.69) is 15.1 Å². The number of hydrogen-bond acceptors (Lipinski definition) is 6. The van der Waals surface area contributed by atoms with Crippen molar-refractivity contribution in [2.75, 3.05) is 31.1 Å². The Kier molecular flexibility index (Phi) is 4.36. The average Bonchev–Trinajstić information content (AvgIpc) is 2.95. The Morgan fingerprint density at radius 1 is 1.15 bits per heavy atom. The van der Waals surface area contributed by atoms with Crippen molar-refractivity contribution < 1.29 is 14.7 Å². The number of anilines is 1. The number of carbonyl (C=O) groups is 2. The molecule has 1 amide bonds. The molecule has 0 aromatic carbocycles. The van der Waals surface area contributed by atoms with Crippen LogP contribution in [0.25, 0.3) is 16.7 Å². The van der Waals surface area contributed by atoms with E-state index >= 15 is 0 Å². The highest BCUT2D eigenvalue weighted by molar-refractivity contribution is 6.30. The van der Waals surface area contributed by atoms with Crippen LogP contribution < -0.4 is 4.90 Å². The zero-order chi connectivity index (χ0) is 19.0. The molecule has 27 heavy (non-hydrogen) atoms. The van der Waals surface area contributed by atoms with Crippen LogP contribution in [0.1, 0.15) is 0 Å². The van der Waals surface area contributed by atoms with E-state index in [4.69, 9.17) is 16.7 Å². The number of halogens is 1. The number of Topliss-reactive ketones (excluding diaryl/α,β-unsaturated/α-hetero) is 1. The Bertz CT molecular complexity index is 1040. The van der Waals surface area contributed by atoms with E-state index in [1.165, 1.54) is 0 Å². The Morgan fingerprint density at radius 2 is 1.96 bits per heavy atom. The molecule has 0 spiro atoms. The summed E-state index contributed by atoms with van der Waals surface area (Å²) in [6.45, 7) is 0.611. The van der Waals surface area contributed by atoms with Crippen molar-refractivity contribution in [2.45, 2.75) is 0 Å². The smallest absolute Gasteiger partial charge is 0.407 e. The summed E-state index contributed by atoms with van der Waals surface area (Å²) in [7, 11) is 0. The molecule has 138 valence electrons. The van der Waals surface area contributed by atoms with Gasteiger partial charge in [0, 0.05) is 30.7 Å². The second-order valence-corrected chi connectivity index (χ2v) is 6.53. The van der Waals surface area contributed by atoms with Crippen molar-refractivity contribution in [3.63, 3.8) is 0 Å². The fourth-order valence-corrected chi connectivity index (χ4v) is 3.17. The van der Waals surface area contributed by atoms with Crippen LogP contribution in [0.15, 0.2) is 36.7 Å². The first kappa shape index (κ1) is 17.2. The standard InChI is InChI=1S/C17H15ClN6O3/c18-14-6-13-11(7-19-14)8-20-24(13)16-3-1-2-15(21-16)22-4-5-23(17(26)27)10-12(25)9-22/h1-3,6-8H,4-5,9-10H2,(H,26,27). The number of fused-ring (bicyclic) bond motifs is 1. The number of amides is 1. The molecule has 1 saturated heterocycles. The molecule has 0 unspecified atom stereocenters. The van der Waals surface area contributed by atoms with Gasteiger partial charge in [0.25, 0.3) is 0 Å². The summed E-state index contributed by atoms with van der Waals surface area (Å²) in [6, 6.07) is 7.11. The van der Waals surface area contributed by atoms with Gasteiger partial charge in [-0.2, -0.15) is 5.10 Å². The molecule has 3 aromatic rings. The van der Waals surface area contributed by atoms with Crippen LogP contribution in [0.4, 0.5) is 10.6 Å². The number of carbonyl (C=O) groups excluding carboxylic acids is 1. The Labute approximate surface area is 158 Å². The second-order valence-electron chi connectivity index (χ2n) is 6.14. The molecule has 0 saturated carbocycles. The first-order valence-electron chi connectivity index (χ1n) is 8.22. The highest BCUT2D eigenvalue weighted by Crippen LogP contribution is 2.21. The minimum atomic E-state index is -1.10. The molecule has 0 aliphatic carbocycles. The zero-order valence-electron chi connectivity index (χ0n) is 14.1. The molecule has 1 aliphatic rings. The molecule has 1 aliphatic heterocycles. The number of ketones is 1. The third-order valence-electron chi connectivity index (χ3n) is 4.32. The fraction of sp³-hybridized carbons (Fsp3) is 0.235. The van der Waals surface area contributed by atoms with Crippen molar-refractivity contribution in [1.29, 1.82) is 0 Å². The normalized spacial score (nSPS) is 15.2. The van der Waals surface area contributed by atoms with Crippen LogP contribution in [-0.4, -0.2) is 67.8 Å². The van der Waals surface area contributed by atoms with E-state index in [0.29, 0.717) is 23.3 Å². The highest BCUT2D eigenvalue weighted by Gasteiger charge is 2.24. The summed E-state index contributed by atoms with van der Waals surface area (Å²) < 4.78 is 1.65. The molecule has 0 bridgehead atoms. The predicted molar refractivity (Wildman–Crippen MR) is 98.5 cm³/mol. The van der Waals surface area contributed by atoms with Crippen LogP contribution in [0, 0.1) is 0 Å². The summed E-state index contributed by atoms with van der Waals surface area (Å²) in [5, 5.41) is 14.7. The zero-order valence-corrected chi connectivity index (χ0v) is 14.9. The molecule has 9 nitrogen and oxygen atoms in total. The molecule has 1 fully saturated rings. The molecule has 0 radical (unpaired) electrons. The van der Waals surface area contributed by atoms with E-state index < -0.39 is 6.09 Å². The third-order valence-corrected chi connectivity index (χ3v) is 4.53. The van der Waals surface area contributed by atoms with Gasteiger partial charge in [0.1, 0.15) is 11.0 Å². The molecular weight excluding hydrogens is 372 g/mol. The van der Waals surface area contributed by atoms with Crippen molar-refractivity contribution in [3.8, 4) is 5.82 Å². The van der Waals surface area contributed by atoms with Gasteiger partial charge in [0.2, 0.25) is 0 Å². The molecule has 4 heterocycles. The maximum absolute atomic E-state index is 12.1. The maximum Gasteiger partial charge on any atom is 0.407 e. The summed E-state index contributed by atoms with van der Waals surface area (Å²) >= 11 is 5.99. The summed E-state index contributed by atoms with van der Waals surface area (Å²) in [5.41, 5.74) is 0.767. The summed E-state index contributed by atoms with van der Waals surface area (Å²) in [5.74, 6) is 0.970. The first-order chi connectivity index (χ1) is 13.0. The van der Waals surface area contributed by atoms with Crippen LogP contribution in [0.3, 0.4) is 0 Å². The van der Waals surface area contributed by atoms with Gasteiger partial charge in [-0.25, -0.2) is 19.4 Å². The molecule has 3 aromatic heterocycles. The van der Waals surface area contributed by atoms with Crippen LogP contribution in [-0.2, 0) is 4.79 Å². The number of aromatic nitrogens is 4. The van der Waals surface area contributed by atoms with Crippen LogP contribution in [0.2, 0.25) is 5.15 Å². The average molecular weight is 387 g/mol. The van der Waals surface area contributed by atoms with Gasteiger partial charge in [-0.1, -0.05) is 17.7 Å². The molecular formula is C17H15ClN6O3. The quantitative estimate of drug-likeness (QED) is 0.670. The van der Waals surface area contributed by atoms with Crippen LogP contribution in [0.5, 0.6) is 0 Å². The Balaban J connectivity index is 1.67. The lowest BCUT2D eigenvalue weighted by molar-refractivity contribution is -0.118. The van der Waals surface area contributed by atoms with Gasteiger partial charge in [-0.15, -0.1) is 0 Å². The van der Waals surface area contributed by atoms with E-state index in [1.54, 1.807) is 40.2 Å². The van der Waals surface area contributed by atoms with Gasteiger partial charge < -0.3 is 10.0 Å². The topological polar surface area (TPSA) is 104 Å². The van der Waals surface area contributed by atoms with Crippen molar-refractivity contribution in [3.05, 3.63) is 41.8 Å². The van der Waals surface area contributed by atoms with Crippen molar-refractivity contribution in [2.24, 2.45) is 0 Å². The number of hydrogen-bond donors (Lipinski definition) is 1. The van der Waals surface area contributed by atoms with Crippen molar-refractivity contribution >= 4 is 40.2 Å². The van der Waals surface area contributed by atoms with Crippen molar-refractivity contribution in [1.82, 2.24) is 24.6 Å². The number of nitrogens with zero attached hydrogens (tertiary/aromatic N) is 6. The lowest BCUT2D eigenvalue weighted by Gasteiger charge is -2.21. The minimum Gasteiger partial charge on any atom is -0.465 e. The van der Waals surface area contributed by atoms with E-state index in [1.807, 2.05) is 6.07 Å². The summed E-state index contributed by atoms with van der Waals surface area (Å²) in [6.07, 6.45) is 2.21.